The minimum absolute atomic E-state index is 0.110. The van der Waals surface area contributed by atoms with Crippen LogP contribution in [-0.4, -0.2) is 55.1 Å². The van der Waals surface area contributed by atoms with Crippen LogP contribution in [0.25, 0.3) is 10.9 Å². The van der Waals surface area contributed by atoms with Crippen molar-refractivity contribution in [3.63, 3.8) is 0 Å². The Bertz CT molecular complexity index is 1370. The molecule has 4 rings (SSSR count). The third kappa shape index (κ3) is 7.09. The van der Waals surface area contributed by atoms with Gasteiger partial charge in [0.25, 0.3) is 5.69 Å². The predicted octanol–water partition coefficient (Wildman–Crippen LogP) is 3.60. The summed E-state index contributed by atoms with van der Waals surface area (Å²) in [4.78, 5) is 25.0. The number of rotatable bonds is 13. The summed E-state index contributed by atoms with van der Waals surface area (Å²) in [5.74, 6) is 0.111. The normalized spacial score (nSPS) is 15.4. The highest BCUT2D eigenvalue weighted by Crippen LogP contribution is 2.26. The number of aliphatic carboxylic acids is 1. The number of hydrogen-bond acceptors (Lipinski definition) is 7. The standard InChI is InChI=1S/C26H32N4O7S/c31-26(32)25(29-38(35,36)22-7-4-20(5-8-22)30(33)34)15-19-17-28-24-9-6-21(16-23(19)24)37-14-2-1-3-18-10-12-27-13-11-18/h4-9,16-18,25,27-29H,1-3,10-15H2,(H,31,32)/t25-/m0/s1. The minimum atomic E-state index is -4.23. The van der Waals surface area contributed by atoms with E-state index in [0.717, 1.165) is 67.0 Å². The van der Waals surface area contributed by atoms with Gasteiger partial charge in [-0.15, -0.1) is 0 Å². The maximum atomic E-state index is 12.8. The third-order valence-corrected chi connectivity index (χ3v) is 8.34. The van der Waals surface area contributed by atoms with Crippen molar-refractivity contribution < 1.29 is 28.0 Å². The van der Waals surface area contributed by atoms with Gasteiger partial charge in [0.05, 0.1) is 16.4 Å². The molecule has 1 fully saturated rings. The number of hydrogen-bond donors (Lipinski definition) is 4. The number of aromatic nitrogens is 1. The van der Waals surface area contributed by atoms with Gasteiger partial charge in [-0.25, -0.2) is 8.42 Å². The molecule has 2 aromatic carbocycles. The number of piperidine rings is 1. The molecule has 38 heavy (non-hydrogen) atoms. The number of benzene rings is 2. The van der Waals surface area contributed by atoms with Crippen LogP contribution in [0.4, 0.5) is 5.69 Å². The summed E-state index contributed by atoms with van der Waals surface area (Å²) in [5.41, 5.74) is 1.13. The van der Waals surface area contributed by atoms with E-state index in [1.165, 1.54) is 19.3 Å². The Labute approximate surface area is 220 Å². The van der Waals surface area contributed by atoms with E-state index in [2.05, 4.69) is 15.0 Å². The molecule has 0 saturated carbocycles. The Morgan fingerprint density at radius 2 is 1.89 bits per heavy atom. The number of fused-ring (bicyclic) bond motifs is 1. The molecule has 12 heteroatoms. The Balaban J connectivity index is 1.38. The topological polar surface area (TPSA) is 164 Å². The van der Waals surface area contributed by atoms with Gasteiger partial charge in [-0.1, -0.05) is 6.42 Å². The number of H-pyrrole nitrogens is 1. The predicted molar refractivity (Wildman–Crippen MR) is 142 cm³/mol. The summed E-state index contributed by atoms with van der Waals surface area (Å²) in [5, 5.41) is 24.7. The highest BCUT2D eigenvalue weighted by molar-refractivity contribution is 7.89. The first kappa shape index (κ1) is 27.6. The molecule has 0 spiro atoms. The SMILES string of the molecule is O=C(O)[C@H](Cc1c[nH]c2ccc(OCCCCC3CCNCC3)cc12)NS(=O)(=O)c1ccc([N+](=O)[O-])cc1. The summed E-state index contributed by atoms with van der Waals surface area (Å²) >= 11 is 0. The van der Waals surface area contributed by atoms with Crippen LogP contribution in [-0.2, 0) is 21.2 Å². The lowest BCUT2D eigenvalue weighted by molar-refractivity contribution is -0.384. The minimum Gasteiger partial charge on any atom is -0.494 e. The summed E-state index contributed by atoms with van der Waals surface area (Å²) < 4.78 is 33.7. The zero-order chi connectivity index (χ0) is 27.1. The third-order valence-electron chi connectivity index (χ3n) is 6.85. The van der Waals surface area contributed by atoms with Gasteiger partial charge in [-0.3, -0.25) is 14.9 Å². The van der Waals surface area contributed by atoms with E-state index >= 15 is 0 Å². The van der Waals surface area contributed by atoms with E-state index in [1.54, 1.807) is 6.20 Å². The van der Waals surface area contributed by atoms with Crippen molar-refractivity contribution in [3.8, 4) is 5.75 Å². The largest absolute Gasteiger partial charge is 0.494 e. The maximum Gasteiger partial charge on any atom is 0.322 e. The molecule has 4 N–H and O–H groups in total. The zero-order valence-electron chi connectivity index (χ0n) is 20.9. The lowest BCUT2D eigenvalue weighted by Crippen LogP contribution is -2.42. The maximum absolute atomic E-state index is 12.8. The summed E-state index contributed by atoms with van der Waals surface area (Å²) in [6.07, 6.45) is 7.28. The Hall–Kier alpha value is -3.48. The molecule has 1 atom stereocenters. The molecule has 11 nitrogen and oxygen atoms in total. The molecular weight excluding hydrogens is 512 g/mol. The number of aromatic amines is 1. The molecular formula is C26H32N4O7S. The Kier molecular flexibility index (Phi) is 8.97. The number of nitrogens with zero attached hydrogens (tertiary/aromatic N) is 1. The van der Waals surface area contributed by atoms with Crippen molar-refractivity contribution in [3.05, 3.63) is 64.3 Å². The number of unbranched alkanes of at least 4 members (excludes halogenated alkanes) is 1. The first-order chi connectivity index (χ1) is 18.2. The van der Waals surface area contributed by atoms with Gasteiger partial charge in [0, 0.05) is 35.7 Å². The average Bonchev–Trinajstić information content (AvgIpc) is 3.30. The van der Waals surface area contributed by atoms with Gasteiger partial charge < -0.3 is 20.1 Å². The van der Waals surface area contributed by atoms with Crippen LogP contribution in [0.5, 0.6) is 5.75 Å². The van der Waals surface area contributed by atoms with Crippen molar-refractivity contribution in [1.82, 2.24) is 15.0 Å². The average molecular weight is 545 g/mol. The van der Waals surface area contributed by atoms with E-state index in [4.69, 9.17) is 4.74 Å². The van der Waals surface area contributed by atoms with Crippen LogP contribution in [0.1, 0.15) is 37.7 Å². The first-order valence-corrected chi connectivity index (χ1v) is 14.1. The number of nitro groups is 1. The quantitative estimate of drug-likeness (QED) is 0.144. The summed E-state index contributed by atoms with van der Waals surface area (Å²) in [6.45, 7) is 2.78. The molecule has 0 unspecified atom stereocenters. The van der Waals surface area contributed by atoms with Crippen molar-refractivity contribution in [2.75, 3.05) is 19.7 Å². The fourth-order valence-electron chi connectivity index (χ4n) is 4.71. The molecule has 0 amide bonds. The number of carboxylic acids is 1. The van der Waals surface area contributed by atoms with E-state index in [9.17, 15) is 28.4 Å². The first-order valence-electron chi connectivity index (χ1n) is 12.7. The summed E-state index contributed by atoms with van der Waals surface area (Å²) in [7, 11) is -4.23. The van der Waals surface area contributed by atoms with Gasteiger partial charge >= 0.3 is 5.97 Å². The van der Waals surface area contributed by atoms with Crippen LogP contribution < -0.4 is 14.8 Å². The van der Waals surface area contributed by atoms with Crippen molar-refractivity contribution in [1.29, 1.82) is 0 Å². The fourth-order valence-corrected chi connectivity index (χ4v) is 5.90. The van der Waals surface area contributed by atoms with E-state index in [0.29, 0.717) is 17.9 Å². The number of sulfonamides is 1. The van der Waals surface area contributed by atoms with Crippen LogP contribution in [0.15, 0.2) is 53.6 Å². The fraction of sp³-hybridized carbons (Fsp3) is 0.423. The lowest BCUT2D eigenvalue weighted by Gasteiger charge is -2.22. The highest BCUT2D eigenvalue weighted by atomic mass is 32.2. The number of non-ortho nitro benzene ring substituents is 1. The monoisotopic (exact) mass is 544 g/mol. The molecule has 1 aliphatic rings. The van der Waals surface area contributed by atoms with Crippen molar-refractivity contribution in [2.24, 2.45) is 5.92 Å². The lowest BCUT2D eigenvalue weighted by atomic mass is 9.93. The van der Waals surface area contributed by atoms with Crippen molar-refractivity contribution >= 4 is 32.6 Å². The van der Waals surface area contributed by atoms with Gasteiger partial charge in [0.1, 0.15) is 11.8 Å². The Morgan fingerprint density at radius 3 is 2.58 bits per heavy atom. The van der Waals surface area contributed by atoms with Gasteiger partial charge in [0.2, 0.25) is 10.0 Å². The van der Waals surface area contributed by atoms with Crippen LogP contribution in [0.3, 0.4) is 0 Å². The van der Waals surface area contributed by atoms with Gasteiger partial charge in [0.15, 0.2) is 0 Å². The molecule has 0 aliphatic carbocycles. The van der Waals surface area contributed by atoms with E-state index < -0.39 is 27.0 Å². The van der Waals surface area contributed by atoms with Gasteiger partial charge in [-0.05, 0) is 80.6 Å². The molecule has 0 radical (unpaired) electrons. The number of ether oxygens (including phenoxy) is 1. The molecule has 2 heterocycles. The number of carboxylic acid groups (broad SMARTS) is 1. The second-order valence-electron chi connectivity index (χ2n) is 9.53. The molecule has 1 aliphatic heterocycles. The molecule has 0 bridgehead atoms. The summed E-state index contributed by atoms with van der Waals surface area (Å²) in [6, 6.07) is 8.33. The van der Waals surface area contributed by atoms with Crippen LogP contribution in [0.2, 0.25) is 0 Å². The van der Waals surface area contributed by atoms with Crippen molar-refractivity contribution in [2.45, 2.75) is 49.5 Å². The second kappa shape index (κ2) is 12.4. The zero-order valence-corrected chi connectivity index (χ0v) is 21.7. The van der Waals surface area contributed by atoms with E-state index in [1.807, 2.05) is 18.2 Å². The molecule has 3 aromatic rings. The number of nitro benzene ring substituents is 1. The number of carbonyl (C=O) groups is 1. The number of nitrogens with one attached hydrogen (secondary N) is 3. The van der Waals surface area contributed by atoms with Crippen LogP contribution >= 0.6 is 0 Å². The van der Waals surface area contributed by atoms with E-state index in [-0.39, 0.29) is 17.0 Å². The second-order valence-corrected chi connectivity index (χ2v) is 11.2. The van der Waals surface area contributed by atoms with Crippen LogP contribution in [0, 0.1) is 16.0 Å². The van der Waals surface area contributed by atoms with Gasteiger partial charge in [-0.2, -0.15) is 4.72 Å². The smallest absolute Gasteiger partial charge is 0.322 e. The Morgan fingerprint density at radius 1 is 1.16 bits per heavy atom. The highest BCUT2D eigenvalue weighted by Gasteiger charge is 2.27. The molecule has 1 aromatic heterocycles. The molecule has 204 valence electrons. The molecule has 1 saturated heterocycles.